The standard InChI is InChI=1S/2C15H12O3.Ti/c2*16-13-9-5-4-8-12(13)15(18)10-14(17)11-6-2-1-3-7-11;/h2*1-10,16,18H;/p+2/b2*15-10-;. The number of aromatic hydroxyl groups is 2. The Morgan fingerprint density at radius 2 is 0.784 bits per heavy atom. The molecule has 4 aromatic rings. The molecule has 4 aromatic carbocycles. The van der Waals surface area contributed by atoms with Gasteiger partial charge in [0.15, 0.2) is 0 Å². The van der Waals surface area contributed by atoms with Gasteiger partial charge in [-0.25, -0.2) is 0 Å². The summed E-state index contributed by atoms with van der Waals surface area (Å²) in [5.74, 6) is -0.559. The van der Waals surface area contributed by atoms with Crippen LogP contribution in [0.4, 0.5) is 0 Å². The van der Waals surface area contributed by atoms with Gasteiger partial charge >= 0.3 is 11.6 Å². The van der Waals surface area contributed by atoms with Crippen molar-refractivity contribution in [2.45, 2.75) is 0 Å². The van der Waals surface area contributed by atoms with Crippen LogP contribution in [0.1, 0.15) is 22.3 Å². The predicted octanol–water partition coefficient (Wildman–Crippen LogP) is 5.77. The molecule has 184 valence electrons. The third-order valence-electron chi connectivity index (χ3n) is 5.05. The molecule has 0 aliphatic heterocycles. The van der Waals surface area contributed by atoms with Gasteiger partial charge in [0, 0.05) is 21.7 Å². The summed E-state index contributed by atoms with van der Waals surface area (Å²) < 4.78 is 0. The first kappa shape index (κ1) is 28.8. The third-order valence-corrected chi connectivity index (χ3v) is 5.05. The maximum Gasteiger partial charge on any atom is 0.350 e. The Morgan fingerprint density at radius 3 is 1.11 bits per heavy atom. The number of ketones is 2. The van der Waals surface area contributed by atoms with Crippen molar-refractivity contribution in [1.29, 1.82) is 0 Å². The minimum Gasteiger partial charge on any atom is -0.507 e. The van der Waals surface area contributed by atoms with E-state index in [4.69, 9.17) is 0 Å². The molecule has 4 rings (SSSR count). The molecule has 37 heavy (non-hydrogen) atoms. The largest absolute Gasteiger partial charge is 0.507 e. The van der Waals surface area contributed by atoms with Gasteiger partial charge in [-0.15, -0.1) is 0 Å². The SMILES string of the molecule is O/C(=C\C(=[OH+])c1ccccc1)c1ccccc1O.O/C(=C\C(=[OH+])c1ccccc1)c1ccccc1O.[Ti]. The van der Waals surface area contributed by atoms with Crippen LogP contribution in [0.25, 0.3) is 11.5 Å². The second kappa shape index (κ2) is 14.2. The Balaban J connectivity index is 0.000000253. The van der Waals surface area contributed by atoms with E-state index in [9.17, 15) is 30.0 Å². The van der Waals surface area contributed by atoms with E-state index in [0.717, 1.165) is 0 Å². The number of benzene rings is 4. The molecule has 0 fully saturated rings. The van der Waals surface area contributed by atoms with E-state index in [2.05, 4.69) is 0 Å². The van der Waals surface area contributed by atoms with E-state index in [1.165, 1.54) is 24.3 Å². The van der Waals surface area contributed by atoms with Crippen LogP contribution in [0.2, 0.25) is 0 Å². The van der Waals surface area contributed by atoms with Crippen LogP contribution in [0, 0.1) is 0 Å². The first-order chi connectivity index (χ1) is 17.4. The summed E-state index contributed by atoms with van der Waals surface area (Å²) in [5, 5.41) is 38.9. The number of phenols is 2. The van der Waals surface area contributed by atoms with Crippen molar-refractivity contribution < 1.29 is 51.7 Å². The number of aliphatic hydroxyl groups is 2. The van der Waals surface area contributed by atoms with Crippen LogP contribution < -0.4 is 0 Å². The second-order valence-electron chi connectivity index (χ2n) is 7.60. The van der Waals surface area contributed by atoms with Crippen molar-refractivity contribution in [3.8, 4) is 11.5 Å². The van der Waals surface area contributed by atoms with Crippen LogP contribution in [-0.2, 0) is 21.7 Å². The molecule has 0 heterocycles. The number of hydrogen-bond acceptors (Lipinski definition) is 4. The number of carbonyl (C=O) groups excluding carboxylic acids is 2. The smallest absolute Gasteiger partial charge is 0.350 e. The van der Waals surface area contributed by atoms with Gasteiger partial charge in [0.1, 0.15) is 23.0 Å². The third kappa shape index (κ3) is 8.35. The van der Waals surface area contributed by atoms with Crippen molar-refractivity contribution in [2.24, 2.45) is 0 Å². The van der Waals surface area contributed by atoms with Gasteiger partial charge in [0.2, 0.25) is 0 Å². The van der Waals surface area contributed by atoms with Crippen molar-refractivity contribution in [3.05, 3.63) is 144 Å². The minimum atomic E-state index is -0.186. The molecule has 0 aliphatic rings. The maximum atomic E-state index is 9.85. The molecule has 6 nitrogen and oxygen atoms in total. The van der Waals surface area contributed by atoms with Crippen molar-refractivity contribution >= 4 is 23.1 Å². The fourth-order valence-electron chi connectivity index (χ4n) is 3.18. The Hall–Kier alpha value is -4.39. The van der Waals surface area contributed by atoms with Crippen molar-refractivity contribution in [3.63, 3.8) is 0 Å². The summed E-state index contributed by atoms with van der Waals surface area (Å²) in [6.07, 6.45) is 2.43. The maximum absolute atomic E-state index is 9.85. The molecule has 7 heteroatoms. The molecule has 0 unspecified atom stereocenters. The van der Waals surface area contributed by atoms with E-state index in [-0.39, 0.29) is 67.4 Å². The predicted molar refractivity (Wildman–Crippen MR) is 142 cm³/mol. The Bertz CT molecular complexity index is 1290. The Morgan fingerprint density at radius 1 is 0.486 bits per heavy atom. The van der Waals surface area contributed by atoms with Gasteiger partial charge in [-0.3, -0.25) is 9.59 Å². The molecule has 6 N–H and O–H groups in total. The van der Waals surface area contributed by atoms with Gasteiger partial charge in [-0.2, -0.15) is 0 Å². The van der Waals surface area contributed by atoms with E-state index >= 15 is 0 Å². The van der Waals surface area contributed by atoms with Crippen molar-refractivity contribution in [2.75, 3.05) is 0 Å². The van der Waals surface area contributed by atoms with Crippen LogP contribution in [0.5, 0.6) is 11.5 Å². The van der Waals surface area contributed by atoms with E-state index in [0.29, 0.717) is 11.1 Å². The van der Waals surface area contributed by atoms with Gasteiger partial charge in [-0.05, 0) is 48.5 Å². The Kier molecular flexibility index (Phi) is 11.1. The molecule has 0 radical (unpaired) electrons. The van der Waals surface area contributed by atoms with Gasteiger partial charge in [-0.1, -0.05) is 60.7 Å². The summed E-state index contributed by atoms with van der Waals surface area (Å²) in [6, 6.07) is 30.5. The number of para-hydroxylation sites is 2. The summed E-state index contributed by atoms with van der Waals surface area (Å²) in [6.45, 7) is 0. The molecular formula is C30H26O6Ti+2. The monoisotopic (exact) mass is 530 g/mol. The van der Waals surface area contributed by atoms with Crippen LogP contribution in [0.3, 0.4) is 0 Å². The molecule has 0 aromatic heterocycles. The normalized spacial score (nSPS) is 10.9. The molecule has 0 saturated carbocycles. The van der Waals surface area contributed by atoms with Crippen LogP contribution in [-0.4, -0.2) is 41.6 Å². The number of aliphatic hydroxyl groups excluding tert-OH is 2. The van der Waals surface area contributed by atoms with E-state index < -0.39 is 0 Å². The summed E-state index contributed by atoms with van der Waals surface area (Å²) in [5.41, 5.74) is 1.75. The first-order valence-corrected chi connectivity index (χ1v) is 11.0. The van der Waals surface area contributed by atoms with E-state index in [1.807, 2.05) is 12.1 Å². The zero-order valence-electron chi connectivity index (χ0n) is 19.7. The summed E-state index contributed by atoms with van der Waals surface area (Å²) in [7, 11) is 0. The van der Waals surface area contributed by atoms with Gasteiger partial charge in [0.25, 0.3) is 0 Å². The number of rotatable bonds is 6. The summed E-state index contributed by atoms with van der Waals surface area (Å²) in [4.78, 5) is 19.7. The molecule has 0 saturated heterocycles. The zero-order chi connectivity index (χ0) is 25.9. The van der Waals surface area contributed by atoms with Crippen LogP contribution in [0.15, 0.2) is 121 Å². The fraction of sp³-hybridized carbons (Fsp3) is 0. The van der Waals surface area contributed by atoms with E-state index in [1.54, 1.807) is 84.9 Å². The topological polar surface area (TPSA) is 124 Å². The molecule has 0 spiro atoms. The van der Waals surface area contributed by atoms with Crippen molar-refractivity contribution in [1.82, 2.24) is 0 Å². The fourth-order valence-corrected chi connectivity index (χ4v) is 3.18. The zero-order valence-corrected chi connectivity index (χ0v) is 21.3. The number of phenolic OH excluding ortho intramolecular Hbond substituents is 2. The molecule has 0 atom stereocenters. The average Bonchev–Trinajstić information content (AvgIpc) is 2.90. The second-order valence-corrected chi connectivity index (χ2v) is 7.60. The molecule has 0 bridgehead atoms. The quantitative estimate of drug-likeness (QED) is 0.0831. The molecule has 0 aliphatic carbocycles. The first-order valence-electron chi connectivity index (χ1n) is 11.0. The summed E-state index contributed by atoms with van der Waals surface area (Å²) >= 11 is 0. The Labute approximate surface area is 229 Å². The number of allylic oxidation sites excluding steroid dienone is 2. The molecular weight excluding hydrogens is 504 g/mol. The number of hydrogen-bond donors (Lipinski definition) is 4. The van der Waals surface area contributed by atoms with Gasteiger partial charge in [0.05, 0.1) is 34.4 Å². The van der Waals surface area contributed by atoms with Gasteiger partial charge < -0.3 is 20.4 Å². The average molecular weight is 530 g/mol. The minimum absolute atomic E-state index is 0. The van der Waals surface area contributed by atoms with Crippen LogP contribution >= 0.6 is 0 Å². The molecule has 0 amide bonds.